The Morgan fingerprint density at radius 2 is 2.08 bits per heavy atom. The summed E-state index contributed by atoms with van der Waals surface area (Å²) in [6, 6.07) is 9.66. The van der Waals surface area contributed by atoms with Crippen molar-refractivity contribution in [3.8, 4) is 0 Å². The van der Waals surface area contributed by atoms with Crippen LogP contribution in [0.5, 0.6) is 0 Å². The number of aromatic nitrogens is 1. The maximum Gasteiger partial charge on any atom is 0.234 e. The van der Waals surface area contributed by atoms with Crippen molar-refractivity contribution in [3.63, 3.8) is 0 Å². The van der Waals surface area contributed by atoms with E-state index in [0.717, 1.165) is 39.9 Å². The van der Waals surface area contributed by atoms with Crippen LogP contribution in [-0.4, -0.2) is 39.0 Å². The summed E-state index contributed by atoms with van der Waals surface area (Å²) in [7, 11) is 0. The molecule has 1 fully saturated rings. The second kappa shape index (κ2) is 7.94. The summed E-state index contributed by atoms with van der Waals surface area (Å²) in [5, 5.41) is 3.96. The first-order valence-electron chi connectivity index (χ1n) is 8.19. The van der Waals surface area contributed by atoms with E-state index in [1.54, 1.807) is 6.20 Å². The fourth-order valence-electron chi connectivity index (χ4n) is 2.80. The van der Waals surface area contributed by atoms with Gasteiger partial charge in [-0.1, -0.05) is 49.1 Å². The number of thiocarbonyl (C=S) groups is 1. The molecular weight excluding hydrogens is 338 g/mol. The molecule has 24 heavy (non-hydrogen) atoms. The van der Waals surface area contributed by atoms with Gasteiger partial charge < -0.3 is 10.2 Å². The van der Waals surface area contributed by atoms with Crippen molar-refractivity contribution in [2.24, 2.45) is 5.92 Å². The van der Waals surface area contributed by atoms with Crippen LogP contribution in [0.3, 0.4) is 0 Å². The van der Waals surface area contributed by atoms with E-state index in [4.69, 9.17) is 12.2 Å². The highest BCUT2D eigenvalue weighted by molar-refractivity contribution is 8.23. The van der Waals surface area contributed by atoms with Crippen LogP contribution in [0.4, 0.5) is 5.69 Å². The summed E-state index contributed by atoms with van der Waals surface area (Å²) < 4.78 is 0.827. The Labute approximate surface area is 152 Å². The van der Waals surface area contributed by atoms with Crippen molar-refractivity contribution >= 4 is 50.8 Å². The molecule has 1 saturated heterocycles. The quantitative estimate of drug-likeness (QED) is 0.842. The molecule has 0 saturated carbocycles. The van der Waals surface area contributed by atoms with Crippen LogP contribution < -0.4 is 5.32 Å². The van der Waals surface area contributed by atoms with Gasteiger partial charge in [0.2, 0.25) is 5.91 Å². The molecule has 0 unspecified atom stereocenters. The second-order valence-electron chi connectivity index (χ2n) is 6.15. The van der Waals surface area contributed by atoms with Gasteiger partial charge in [0.15, 0.2) is 0 Å². The van der Waals surface area contributed by atoms with Crippen LogP contribution in [0, 0.1) is 5.92 Å². The topological polar surface area (TPSA) is 45.2 Å². The molecule has 1 aliphatic rings. The van der Waals surface area contributed by atoms with Crippen molar-refractivity contribution in [3.05, 3.63) is 36.5 Å². The predicted molar refractivity (Wildman–Crippen MR) is 105 cm³/mol. The van der Waals surface area contributed by atoms with Crippen LogP contribution >= 0.6 is 24.0 Å². The third kappa shape index (κ3) is 4.24. The molecule has 126 valence electrons. The van der Waals surface area contributed by atoms with Gasteiger partial charge in [-0.2, -0.15) is 0 Å². The summed E-state index contributed by atoms with van der Waals surface area (Å²) in [5.74, 6) is 1.05. The lowest BCUT2D eigenvalue weighted by molar-refractivity contribution is -0.113. The lowest BCUT2D eigenvalue weighted by atomic mass is 10.00. The number of para-hydroxylation sites is 1. The van der Waals surface area contributed by atoms with Gasteiger partial charge in [0.05, 0.1) is 17.0 Å². The minimum atomic E-state index is -0.0501. The number of piperidine rings is 1. The van der Waals surface area contributed by atoms with Crippen molar-refractivity contribution in [1.29, 1.82) is 0 Å². The van der Waals surface area contributed by atoms with E-state index in [1.807, 2.05) is 30.3 Å². The molecule has 0 spiro atoms. The molecule has 4 nitrogen and oxygen atoms in total. The van der Waals surface area contributed by atoms with Gasteiger partial charge in [-0.05, 0) is 30.9 Å². The van der Waals surface area contributed by atoms with Crippen LogP contribution in [0.2, 0.25) is 0 Å². The number of thioether (sulfide) groups is 1. The number of hydrogen-bond acceptors (Lipinski definition) is 4. The SMILES string of the molecule is CC1CCN(C(=S)SCC(=O)Nc2cccc3cccnc23)CC1. The molecule has 6 heteroatoms. The largest absolute Gasteiger partial charge is 0.357 e. The molecule has 1 N–H and O–H groups in total. The maximum atomic E-state index is 12.3. The molecule has 0 bridgehead atoms. The number of hydrogen-bond donors (Lipinski definition) is 1. The highest BCUT2D eigenvalue weighted by Crippen LogP contribution is 2.22. The van der Waals surface area contributed by atoms with Crippen molar-refractivity contribution in [2.45, 2.75) is 19.8 Å². The molecule has 1 aliphatic heterocycles. The van der Waals surface area contributed by atoms with Crippen LogP contribution in [0.15, 0.2) is 36.5 Å². The van der Waals surface area contributed by atoms with Crippen molar-refractivity contribution in [2.75, 3.05) is 24.2 Å². The number of rotatable bonds is 3. The van der Waals surface area contributed by atoms with E-state index < -0.39 is 0 Å². The fourth-order valence-corrected chi connectivity index (χ4v) is 3.85. The van der Waals surface area contributed by atoms with Crippen molar-refractivity contribution < 1.29 is 4.79 Å². The van der Waals surface area contributed by atoms with Gasteiger partial charge in [0.1, 0.15) is 4.32 Å². The number of benzene rings is 1. The summed E-state index contributed by atoms with van der Waals surface area (Å²) in [5.41, 5.74) is 1.56. The van der Waals surface area contributed by atoms with Crippen LogP contribution in [-0.2, 0) is 4.79 Å². The van der Waals surface area contributed by atoms with Gasteiger partial charge in [-0.15, -0.1) is 0 Å². The van der Waals surface area contributed by atoms with Crippen LogP contribution in [0.25, 0.3) is 10.9 Å². The van der Waals surface area contributed by atoms with E-state index in [2.05, 4.69) is 22.1 Å². The first kappa shape index (κ1) is 17.2. The zero-order chi connectivity index (χ0) is 16.9. The smallest absolute Gasteiger partial charge is 0.234 e. The zero-order valence-corrected chi connectivity index (χ0v) is 15.3. The summed E-state index contributed by atoms with van der Waals surface area (Å²) in [4.78, 5) is 18.8. The van der Waals surface area contributed by atoms with E-state index in [-0.39, 0.29) is 5.91 Å². The number of nitrogens with one attached hydrogen (secondary N) is 1. The number of carbonyl (C=O) groups is 1. The molecule has 2 aromatic rings. The molecule has 0 atom stereocenters. The van der Waals surface area contributed by atoms with E-state index in [0.29, 0.717) is 5.75 Å². The Morgan fingerprint density at radius 3 is 2.88 bits per heavy atom. The number of amides is 1. The molecule has 2 heterocycles. The van der Waals surface area contributed by atoms with Gasteiger partial charge in [-0.3, -0.25) is 9.78 Å². The lowest BCUT2D eigenvalue weighted by Crippen LogP contribution is -2.36. The van der Waals surface area contributed by atoms with E-state index in [1.165, 1.54) is 24.6 Å². The number of anilines is 1. The Hall–Kier alpha value is -1.66. The van der Waals surface area contributed by atoms with E-state index >= 15 is 0 Å². The number of fused-ring (bicyclic) bond motifs is 1. The average Bonchev–Trinajstić information content (AvgIpc) is 2.61. The van der Waals surface area contributed by atoms with Crippen LogP contribution in [0.1, 0.15) is 19.8 Å². The number of carbonyl (C=O) groups excluding carboxylic acids is 1. The Bertz CT molecular complexity index is 737. The molecule has 3 rings (SSSR count). The minimum Gasteiger partial charge on any atom is -0.357 e. The molecule has 1 amide bonds. The Kier molecular flexibility index (Phi) is 5.68. The summed E-state index contributed by atoms with van der Waals surface area (Å²) >= 11 is 6.91. The third-order valence-electron chi connectivity index (χ3n) is 4.28. The maximum absolute atomic E-state index is 12.3. The third-order valence-corrected chi connectivity index (χ3v) is 5.80. The van der Waals surface area contributed by atoms with Gasteiger partial charge in [-0.25, -0.2) is 0 Å². The highest BCUT2D eigenvalue weighted by Gasteiger charge is 2.19. The van der Waals surface area contributed by atoms with Gasteiger partial charge >= 0.3 is 0 Å². The number of pyridine rings is 1. The normalized spacial score (nSPS) is 15.5. The number of likely N-dealkylation sites (tertiary alicyclic amines) is 1. The lowest BCUT2D eigenvalue weighted by Gasteiger charge is -2.31. The zero-order valence-electron chi connectivity index (χ0n) is 13.7. The van der Waals surface area contributed by atoms with Crippen molar-refractivity contribution in [1.82, 2.24) is 9.88 Å². The summed E-state index contributed by atoms with van der Waals surface area (Å²) in [6.45, 7) is 4.28. The second-order valence-corrected chi connectivity index (χ2v) is 7.76. The monoisotopic (exact) mass is 359 g/mol. The standard InChI is InChI=1S/C18H21N3OS2/c1-13-7-10-21(11-8-13)18(23)24-12-16(22)20-15-6-2-4-14-5-3-9-19-17(14)15/h2-6,9,13H,7-8,10-12H2,1H3,(H,20,22). The molecule has 0 radical (unpaired) electrons. The molecular formula is C18H21N3OS2. The fraction of sp³-hybridized carbons (Fsp3) is 0.389. The Morgan fingerprint density at radius 1 is 1.33 bits per heavy atom. The average molecular weight is 360 g/mol. The molecule has 0 aliphatic carbocycles. The van der Waals surface area contributed by atoms with E-state index in [9.17, 15) is 4.79 Å². The number of nitrogens with zero attached hydrogens (tertiary/aromatic N) is 2. The minimum absolute atomic E-state index is 0.0501. The first-order chi connectivity index (χ1) is 11.6. The van der Waals surface area contributed by atoms with Gasteiger partial charge in [0.25, 0.3) is 0 Å². The van der Waals surface area contributed by atoms with Gasteiger partial charge in [0, 0.05) is 24.7 Å². The highest BCUT2D eigenvalue weighted by atomic mass is 32.2. The molecule has 1 aromatic carbocycles. The first-order valence-corrected chi connectivity index (χ1v) is 9.58. The molecule has 1 aromatic heterocycles. The Balaban J connectivity index is 1.55. The predicted octanol–water partition coefficient (Wildman–Crippen LogP) is 3.92. The summed E-state index contributed by atoms with van der Waals surface area (Å²) in [6.07, 6.45) is 4.09.